The molecule has 3 aromatic rings. The molecule has 1 aliphatic rings. The lowest BCUT2D eigenvalue weighted by Gasteiger charge is -2.31. The zero-order chi connectivity index (χ0) is 22.4. The van der Waals surface area contributed by atoms with Gasteiger partial charge in [-0.2, -0.15) is 4.31 Å². The summed E-state index contributed by atoms with van der Waals surface area (Å²) in [5.74, 6) is -0.384. The molecule has 1 aliphatic heterocycles. The number of benzene rings is 2. The van der Waals surface area contributed by atoms with Crippen molar-refractivity contribution in [1.82, 2.24) is 23.6 Å². The molecule has 31 heavy (non-hydrogen) atoms. The molecule has 1 saturated heterocycles. The van der Waals surface area contributed by atoms with E-state index in [0.29, 0.717) is 23.9 Å². The van der Waals surface area contributed by atoms with E-state index >= 15 is 0 Å². The molecule has 0 spiro atoms. The lowest BCUT2D eigenvalue weighted by atomic mass is 10.1. The van der Waals surface area contributed by atoms with Crippen LogP contribution in [0.5, 0.6) is 0 Å². The SMILES string of the molecule is CN(C)S(=O)(=O)c1ccc(S(=O)(=O)N2CCC(n3nnc4cc(F)ccc43)CC2)cc1. The maximum Gasteiger partial charge on any atom is 0.243 e. The Kier molecular flexibility index (Phi) is 5.58. The normalized spacial score (nSPS) is 16.9. The third-order valence-electron chi connectivity index (χ3n) is 5.44. The van der Waals surface area contributed by atoms with E-state index in [1.54, 1.807) is 10.7 Å². The highest BCUT2D eigenvalue weighted by Gasteiger charge is 2.31. The van der Waals surface area contributed by atoms with Crippen molar-refractivity contribution in [3.63, 3.8) is 0 Å². The van der Waals surface area contributed by atoms with Crippen LogP contribution in [-0.2, 0) is 20.0 Å². The zero-order valence-electron chi connectivity index (χ0n) is 17.0. The van der Waals surface area contributed by atoms with Crippen molar-refractivity contribution in [3.05, 3.63) is 48.3 Å². The first-order valence-corrected chi connectivity index (χ1v) is 12.5. The fourth-order valence-electron chi connectivity index (χ4n) is 3.66. The van der Waals surface area contributed by atoms with Gasteiger partial charge in [-0.05, 0) is 49.2 Å². The smallest absolute Gasteiger partial charge is 0.241 e. The Bertz CT molecular complexity index is 1310. The number of piperidine rings is 1. The quantitative estimate of drug-likeness (QED) is 0.567. The molecule has 0 unspecified atom stereocenters. The van der Waals surface area contributed by atoms with Gasteiger partial charge in [0.25, 0.3) is 0 Å². The Labute approximate surface area is 180 Å². The van der Waals surface area contributed by atoms with E-state index in [4.69, 9.17) is 0 Å². The Hall–Kier alpha value is -2.41. The Morgan fingerprint density at radius 3 is 2.19 bits per heavy atom. The molecule has 2 aromatic carbocycles. The topological polar surface area (TPSA) is 105 Å². The van der Waals surface area contributed by atoms with Gasteiger partial charge in [0.05, 0.1) is 21.3 Å². The lowest BCUT2D eigenvalue weighted by Crippen LogP contribution is -2.39. The van der Waals surface area contributed by atoms with Crippen LogP contribution in [-0.4, -0.2) is 67.6 Å². The first-order valence-electron chi connectivity index (χ1n) is 9.64. The van der Waals surface area contributed by atoms with Crippen LogP contribution in [0.15, 0.2) is 52.3 Å². The monoisotopic (exact) mass is 467 g/mol. The number of halogens is 1. The molecule has 0 radical (unpaired) electrons. The van der Waals surface area contributed by atoms with E-state index in [9.17, 15) is 21.2 Å². The largest absolute Gasteiger partial charge is 0.243 e. The average Bonchev–Trinajstić information content (AvgIpc) is 3.16. The molecule has 12 heteroatoms. The number of hydrogen-bond acceptors (Lipinski definition) is 6. The van der Waals surface area contributed by atoms with Crippen molar-refractivity contribution in [2.75, 3.05) is 27.2 Å². The predicted molar refractivity (Wildman–Crippen MR) is 112 cm³/mol. The van der Waals surface area contributed by atoms with Crippen LogP contribution in [0.2, 0.25) is 0 Å². The van der Waals surface area contributed by atoms with Gasteiger partial charge in [0.2, 0.25) is 20.0 Å². The molecule has 0 atom stereocenters. The summed E-state index contributed by atoms with van der Waals surface area (Å²) in [6, 6.07) is 9.48. The third kappa shape index (κ3) is 3.95. The maximum atomic E-state index is 13.4. The van der Waals surface area contributed by atoms with Gasteiger partial charge in [-0.1, -0.05) is 5.21 Å². The van der Waals surface area contributed by atoms with Crippen LogP contribution in [0.3, 0.4) is 0 Å². The Morgan fingerprint density at radius 1 is 0.968 bits per heavy atom. The Balaban J connectivity index is 1.50. The van der Waals surface area contributed by atoms with Gasteiger partial charge >= 0.3 is 0 Å². The zero-order valence-corrected chi connectivity index (χ0v) is 18.6. The van der Waals surface area contributed by atoms with E-state index in [0.717, 1.165) is 4.31 Å². The lowest BCUT2D eigenvalue weighted by molar-refractivity contribution is 0.263. The highest BCUT2D eigenvalue weighted by Crippen LogP contribution is 2.29. The summed E-state index contributed by atoms with van der Waals surface area (Å²) in [4.78, 5) is 0.0787. The number of nitrogens with zero attached hydrogens (tertiary/aromatic N) is 5. The number of hydrogen-bond donors (Lipinski definition) is 0. The highest BCUT2D eigenvalue weighted by molar-refractivity contribution is 7.89. The first-order chi connectivity index (χ1) is 14.6. The molecule has 0 bridgehead atoms. The molecular formula is C19H22FN5O4S2. The summed E-state index contributed by atoms with van der Waals surface area (Å²) in [7, 11) is -4.55. The maximum absolute atomic E-state index is 13.4. The first kappa shape index (κ1) is 21.8. The fraction of sp³-hybridized carbons (Fsp3) is 0.368. The van der Waals surface area contributed by atoms with Gasteiger partial charge in [0.15, 0.2) is 0 Å². The summed E-state index contributed by atoms with van der Waals surface area (Å²) in [6.45, 7) is 0.570. The van der Waals surface area contributed by atoms with Crippen LogP contribution in [0, 0.1) is 5.82 Å². The average molecular weight is 468 g/mol. The van der Waals surface area contributed by atoms with E-state index in [2.05, 4.69) is 10.3 Å². The number of sulfonamides is 2. The van der Waals surface area contributed by atoms with E-state index in [-0.39, 0.29) is 34.7 Å². The van der Waals surface area contributed by atoms with Gasteiger partial charge in [-0.3, -0.25) is 0 Å². The highest BCUT2D eigenvalue weighted by atomic mass is 32.2. The molecule has 4 rings (SSSR count). The molecule has 2 heterocycles. The van der Waals surface area contributed by atoms with Crippen molar-refractivity contribution in [1.29, 1.82) is 0 Å². The molecule has 1 aromatic heterocycles. The van der Waals surface area contributed by atoms with Gasteiger partial charge in [0.1, 0.15) is 11.3 Å². The minimum absolute atomic E-state index is 0.0321. The van der Waals surface area contributed by atoms with Gasteiger partial charge < -0.3 is 0 Å². The van der Waals surface area contributed by atoms with E-state index in [1.807, 2.05) is 0 Å². The minimum atomic E-state index is -3.75. The molecule has 1 fully saturated rings. The fourth-order valence-corrected chi connectivity index (χ4v) is 6.03. The second-order valence-electron chi connectivity index (χ2n) is 7.56. The van der Waals surface area contributed by atoms with E-state index < -0.39 is 20.0 Å². The van der Waals surface area contributed by atoms with Gasteiger partial charge in [-0.25, -0.2) is 30.2 Å². The van der Waals surface area contributed by atoms with Crippen molar-refractivity contribution < 1.29 is 21.2 Å². The Morgan fingerprint density at radius 2 is 1.58 bits per heavy atom. The molecule has 166 valence electrons. The van der Waals surface area contributed by atoms with Crippen molar-refractivity contribution in [2.24, 2.45) is 0 Å². The van der Waals surface area contributed by atoms with Crippen molar-refractivity contribution >= 4 is 31.1 Å². The molecular weight excluding hydrogens is 445 g/mol. The molecule has 0 N–H and O–H groups in total. The number of fused-ring (bicyclic) bond motifs is 1. The molecule has 0 aliphatic carbocycles. The molecule has 0 amide bonds. The van der Waals surface area contributed by atoms with Crippen molar-refractivity contribution in [2.45, 2.75) is 28.7 Å². The molecule has 0 saturated carbocycles. The summed E-state index contributed by atoms with van der Waals surface area (Å²) in [5.41, 5.74) is 1.17. The van der Waals surface area contributed by atoms with Crippen LogP contribution < -0.4 is 0 Å². The predicted octanol–water partition coefficient (Wildman–Crippen LogP) is 1.85. The van der Waals surface area contributed by atoms with Crippen LogP contribution in [0.25, 0.3) is 11.0 Å². The molecule has 9 nitrogen and oxygen atoms in total. The van der Waals surface area contributed by atoms with E-state index in [1.165, 1.54) is 54.8 Å². The van der Waals surface area contributed by atoms with Gasteiger partial charge in [-0.15, -0.1) is 5.10 Å². The summed E-state index contributed by atoms with van der Waals surface area (Å²) in [5, 5.41) is 8.12. The second-order valence-corrected chi connectivity index (χ2v) is 11.7. The summed E-state index contributed by atoms with van der Waals surface area (Å²) in [6.07, 6.45) is 1.06. The number of rotatable bonds is 5. The van der Waals surface area contributed by atoms with Crippen LogP contribution in [0.1, 0.15) is 18.9 Å². The number of aromatic nitrogens is 3. The van der Waals surface area contributed by atoms with Crippen molar-refractivity contribution in [3.8, 4) is 0 Å². The van der Waals surface area contributed by atoms with Crippen LogP contribution in [0.4, 0.5) is 4.39 Å². The summed E-state index contributed by atoms with van der Waals surface area (Å²) < 4.78 is 68.0. The second kappa shape index (κ2) is 7.93. The third-order valence-corrected chi connectivity index (χ3v) is 9.18. The minimum Gasteiger partial charge on any atom is -0.241 e. The standard InChI is InChI=1S/C19H22FN5O4S2/c1-23(2)30(26,27)16-4-6-17(7-5-16)31(28,29)24-11-9-15(10-12-24)25-19-8-3-14(20)13-18(19)21-22-25/h3-8,13,15H,9-12H2,1-2H3. The van der Waals surface area contributed by atoms with Gasteiger partial charge in [0, 0.05) is 33.3 Å². The van der Waals surface area contributed by atoms with Crippen LogP contribution >= 0.6 is 0 Å². The summed E-state index contributed by atoms with van der Waals surface area (Å²) >= 11 is 0.